The van der Waals surface area contributed by atoms with Crippen LogP contribution >= 0.6 is 0 Å². The van der Waals surface area contributed by atoms with Gasteiger partial charge < -0.3 is 10.5 Å². The number of hydrogen-bond acceptors (Lipinski definition) is 5. The molecule has 1 aromatic carbocycles. The molecule has 1 atom stereocenters. The third-order valence-corrected chi connectivity index (χ3v) is 4.38. The number of nitrogens with two attached hydrogens (primary N) is 1. The Hall–Kier alpha value is -3.16. The SMILES string of the molecule is Cc1ccc(Cn2nc(C)c(C(=O)O[C@H](C(=O)NC(N)=O)C(C)C)c2C)cc1. The minimum atomic E-state index is -1.14. The number of benzene rings is 1. The lowest BCUT2D eigenvalue weighted by Gasteiger charge is -2.20. The minimum absolute atomic E-state index is 0.310. The highest BCUT2D eigenvalue weighted by Crippen LogP contribution is 2.19. The zero-order chi connectivity index (χ0) is 21.0. The number of esters is 1. The van der Waals surface area contributed by atoms with Gasteiger partial charge in [0.25, 0.3) is 5.91 Å². The molecule has 28 heavy (non-hydrogen) atoms. The summed E-state index contributed by atoms with van der Waals surface area (Å²) in [5.74, 6) is -1.76. The number of imide groups is 1. The molecular formula is C20H26N4O4. The number of urea groups is 1. The van der Waals surface area contributed by atoms with E-state index in [0.717, 1.165) is 11.1 Å². The van der Waals surface area contributed by atoms with E-state index in [2.05, 4.69) is 5.10 Å². The first-order valence-corrected chi connectivity index (χ1v) is 9.01. The quantitative estimate of drug-likeness (QED) is 0.739. The Morgan fingerprint density at radius 3 is 2.29 bits per heavy atom. The monoisotopic (exact) mass is 386 g/mol. The number of ether oxygens (including phenoxy) is 1. The molecule has 150 valence electrons. The smallest absolute Gasteiger partial charge is 0.342 e. The van der Waals surface area contributed by atoms with Crippen molar-refractivity contribution >= 4 is 17.9 Å². The van der Waals surface area contributed by atoms with Crippen LogP contribution in [-0.2, 0) is 16.1 Å². The summed E-state index contributed by atoms with van der Waals surface area (Å²) in [7, 11) is 0. The van der Waals surface area contributed by atoms with Crippen LogP contribution in [0.1, 0.15) is 46.7 Å². The molecule has 3 N–H and O–H groups in total. The molecular weight excluding hydrogens is 360 g/mol. The predicted molar refractivity (Wildman–Crippen MR) is 104 cm³/mol. The van der Waals surface area contributed by atoms with Crippen LogP contribution < -0.4 is 11.1 Å². The first-order valence-electron chi connectivity index (χ1n) is 9.01. The van der Waals surface area contributed by atoms with Crippen LogP contribution in [0, 0.1) is 26.7 Å². The Morgan fingerprint density at radius 2 is 1.75 bits per heavy atom. The number of amides is 3. The molecule has 0 bridgehead atoms. The van der Waals surface area contributed by atoms with Gasteiger partial charge in [0.2, 0.25) is 0 Å². The first-order chi connectivity index (χ1) is 13.1. The van der Waals surface area contributed by atoms with Gasteiger partial charge in [0, 0.05) is 0 Å². The van der Waals surface area contributed by atoms with Crippen LogP contribution in [-0.4, -0.2) is 33.8 Å². The van der Waals surface area contributed by atoms with Crippen molar-refractivity contribution in [3.8, 4) is 0 Å². The van der Waals surface area contributed by atoms with Gasteiger partial charge in [-0.25, -0.2) is 9.59 Å². The van der Waals surface area contributed by atoms with Crippen LogP contribution in [0.25, 0.3) is 0 Å². The number of rotatable bonds is 6. The number of hydrogen-bond donors (Lipinski definition) is 2. The molecule has 0 spiro atoms. The summed E-state index contributed by atoms with van der Waals surface area (Å²) in [6.45, 7) is 9.43. The van der Waals surface area contributed by atoms with Gasteiger partial charge in [-0.3, -0.25) is 14.8 Å². The van der Waals surface area contributed by atoms with Gasteiger partial charge >= 0.3 is 12.0 Å². The van der Waals surface area contributed by atoms with Crippen molar-refractivity contribution in [3.05, 3.63) is 52.3 Å². The van der Waals surface area contributed by atoms with E-state index in [1.54, 1.807) is 32.4 Å². The minimum Gasteiger partial charge on any atom is -0.448 e. The van der Waals surface area contributed by atoms with E-state index in [9.17, 15) is 14.4 Å². The van der Waals surface area contributed by atoms with Crippen LogP contribution in [0.5, 0.6) is 0 Å². The maximum Gasteiger partial charge on any atom is 0.342 e. The molecule has 0 saturated carbocycles. The fraction of sp³-hybridized carbons (Fsp3) is 0.400. The van der Waals surface area contributed by atoms with Gasteiger partial charge in [0.1, 0.15) is 5.56 Å². The highest BCUT2D eigenvalue weighted by atomic mass is 16.5. The molecule has 1 aromatic heterocycles. The molecule has 0 aliphatic heterocycles. The number of aromatic nitrogens is 2. The lowest BCUT2D eigenvalue weighted by molar-refractivity contribution is -0.130. The van der Waals surface area contributed by atoms with E-state index in [0.29, 0.717) is 23.5 Å². The predicted octanol–water partition coefficient (Wildman–Crippen LogP) is 2.23. The standard InChI is InChI=1S/C20H26N4O4/c1-11(2)17(18(25)22-20(21)27)28-19(26)16-13(4)23-24(14(16)5)10-15-8-6-12(3)7-9-15/h6-9,11,17H,10H2,1-5H3,(H3,21,22,25,27)/t17-/m0/s1. The lowest BCUT2D eigenvalue weighted by Crippen LogP contribution is -2.45. The molecule has 8 heteroatoms. The number of nitrogens with one attached hydrogen (secondary N) is 1. The zero-order valence-electron chi connectivity index (χ0n) is 16.8. The van der Waals surface area contributed by atoms with Crippen molar-refractivity contribution in [1.29, 1.82) is 0 Å². The fourth-order valence-corrected chi connectivity index (χ4v) is 2.87. The van der Waals surface area contributed by atoms with Gasteiger partial charge in [-0.2, -0.15) is 5.10 Å². The van der Waals surface area contributed by atoms with E-state index in [1.807, 2.05) is 36.5 Å². The molecule has 0 aliphatic carbocycles. The molecule has 0 saturated heterocycles. The highest BCUT2D eigenvalue weighted by Gasteiger charge is 2.30. The Bertz CT molecular complexity index is 884. The van der Waals surface area contributed by atoms with Crippen LogP contribution in [0.2, 0.25) is 0 Å². The van der Waals surface area contributed by atoms with Crippen molar-refractivity contribution in [1.82, 2.24) is 15.1 Å². The van der Waals surface area contributed by atoms with Crippen molar-refractivity contribution in [2.75, 3.05) is 0 Å². The summed E-state index contributed by atoms with van der Waals surface area (Å²) in [6.07, 6.45) is -1.14. The molecule has 2 rings (SSSR count). The number of carbonyl (C=O) groups is 3. The van der Waals surface area contributed by atoms with E-state index >= 15 is 0 Å². The second-order valence-corrected chi connectivity index (χ2v) is 7.11. The second kappa shape index (κ2) is 8.69. The Labute approximate surface area is 164 Å². The Morgan fingerprint density at radius 1 is 1.14 bits per heavy atom. The molecule has 1 heterocycles. The second-order valence-electron chi connectivity index (χ2n) is 7.11. The maximum atomic E-state index is 12.7. The largest absolute Gasteiger partial charge is 0.448 e. The van der Waals surface area contributed by atoms with E-state index in [4.69, 9.17) is 10.5 Å². The summed E-state index contributed by atoms with van der Waals surface area (Å²) in [4.78, 5) is 35.8. The van der Waals surface area contributed by atoms with Gasteiger partial charge in [-0.1, -0.05) is 43.7 Å². The number of primary amides is 1. The van der Waals surface area contributed by atoms with Crippen molar-refractivity contribution in [3.63, 3.8) is 0 Å². The topological polar surface area (TPSA) is 116 Å². The van der Waals surface area contributed by atoms with Crippen LogP contribution in [0.4, 0.5) is 4.79 Å². The molecule has 0 aliphatic rings. The average molecular weight is 386 g/mol. The summed E-state index contributed by atoms with van der Waals surface area (Å²) in [6, 6.07) is 7.05. The maximum absolute atomic E-state index is 12.7. The Kier molecular flexibility index (Phi) is 6.56. The van der Waals surface area contributed by atoms with Crippen molar-refractivity contribution < 1.29 is 19.1 Å². The summed E-state index contributed by atoms with van der Waals surface area (Å²) < 4.78 is 7.12. The van der Waals surface area contributed by atoms with E-state index in [1.165, 1.54) is 0 Å². The Balaban J connectivity index is 2.22. The third-order valence-electron chi connectivity index (χ3n) is 4.38. The lowest BCUT2D eigenvalue weighted by atomic mass is 10.1. The molecule has 0 radical (unpaired) electrons. The molecule has 3 amide bonds. The van der Waals surface area contributed by atoms with Gasteiger partial charge in [-0.05, 0) is 32.3 Å². The molecule has 0 fully saturated rings. The van der Waals surface area contributed by atoms with Gasteiger partial charge in [-0.15, -0.1) is 0 Å². The normalized spacial score (nSPS) is 11.9. The third kappa shape index (κ3) is 4.97. The average Bonchev–Trinajstić information content (AvgIpc) is 2.87. The van der Waals surface area contributed by atoms with Crippen LogP contribution in [0.3, 0.4) is 0 Å². The zero-order valence-corrected chi connectivity index (χ0v) is 16.8. The van der Waals surface area contributed by atoms with Gasteiger partial charge in [0.15, 0.2) is 6.10 Å². The van der Waals surface area contributed by atoms with E-state index < -0.39 is 24.0 Å². The summed E-state index contributed by atoms with van der Waals surface area (Å²) in [5, 5.41) is 6.39. The number of nitrogens with zero attached hydrogens (tertiary/aromatic N) is 2. The first kappa shape index (κ1) is 21.1. The summed E-state index contributed by atoms with van der Waals surface area (Å²) >= 11 is 0. The van der Waals surface area contributed by atoms with Crippen molar-refractivity contribution in [2.24, 2.45) is 11.7 Å². The van der Waals surface area contributed by atoms with E-state index in [-0.39, 0.29) is 5.92 Å². The number of aryl methyl sites for hydroxylation is 2. The number of carbonyl (C=O) groups excluding carboxylic acids is 3. The molecule has 8 nitrogen and oxygen atoms in total. The molecule has 0 unspecified atom stereocenters. The highest BCUT2D eigenvalue weighted by molar-refractivity contribution is 5.98. The van der Waals surface area contributed by atoms with Crippen LogP contribution in [0.15, 0.2) is 24.3 Å². The fourth-order valence-electron chi connectivity index (χ4n) is 2.87. The van der Waals surface area contributed by atoms with Crippen molar-refractivity contribution in [2.45, 2.75) is 47.3 Å². The van der Waals surface area contributed by atoms with Gasteiger partial charge in [0.05, 0.1) is 17.9 Å². The molecule has 2 aromatic rings. The summed E-state index contributed by atoms with van der Waals surface area (Å²) in [5.41, 5.74) is 8.65.